The molecule has 3 N–H and O–H groups in total. The summed E-state index contributed by atoms with van der Waals surface area (Å²) in [4.78, 5) is 0. The van der Waals surface area contributed by atoms with Crippen molar-refractivity contribution >= 4 is 0 Å². The molecule has 0 spiro atoms. The van der Waals surface area contributed by atoms with Crippen molar-refractivity contribution in [2.24, 2.45) is 0 Å². The van der Waals surface area contributed by atoms with Crippen molar-refractivity contribution in [1.29, 1.82) is 0 Å². The topological polar surface area (TPSA) is 27.6 Å². The van der Waals surface area contributed by atoms with Gasteiger partial charge in [0.25, 0.3) is 0 Å². The summed E-state index contributed by atoms with van der Waals surface area (Å²) in [6.07, 6.45) is 1.14. The van der Waals surface area contributed by atoms with Crippen molar-refractivity contribution in [2.45, 2.75) is 20.3 Å². The normalized spacial score (nSPS) is 8.27. The summed E-state index contributed by atoms with van der Waals surface area (Å²) in [5, 5.41) is 0. The fourth-order valence-corrected chi connectivity index (χ4v) is 0.714. The zero-order chi connectivity index (χ0) is 8.53. The van der Waals surface area contributed by atoms with Crippen molar-refractivity contribution in [3.63, 3.8) is 0 Å². The third-order valence-corrected chi connectivity index (χ3v) is 1.25. The lowest BCUT2D eigenvalue weighted by molar-refractivity contribution is -0.361. The SMILES string of the molecule is CC[NH3+].CCc1ccccc1. The predicted molar refractivity (Wildman–Crippen MR) is 49.2 cm³/mol. The zero-order valence-corrected chi connectivity index (χ0v) is 7.51. The van der Waals surface area contributed by atoms with Crippen LogP contribution in [0.15, 0.2) is 30.3 Å². The van der Waals surface area contributed by atoms with Crippen LogP contribution in [-0.2, 0) is 6.42 Å². The first-order valence-corrected chi connectivity index (χ1v) is 4.18. The molecule has 0 unspecified atom stereocenters. The molecular weight excluding hydrogens is 134 g/mol. The molecule has 1 nitrogen and oxygen atoms in total. The molecule has 0 radical (unpaired) electrons. The monoisotopic (exact) mass is 152 g/mol. The van der Waals surface area contributed by atoms with E-state index in [-0.39, 0.29) is 0 Å². The summed E-state index contributed by atoms with van der Waals surface area (Å²) < 4.78 is 0. The number of rotatable bonds is 1. The molecule has 1 rings (SSSR count). The molecule has 1 aromatic carbocycles. The number of hydrogen-bond acceptors (Lipinski definition) is 0. The Balaban J connectivity index is 0.000000292. The number of quaternary nitrogens is 1. The molecule has 0 aliphatic rings. The molecule has 0 atom stereocenters. The molecule has 0 aromatic heterocycles. The second-order valence-electron chi connectivity index (χ2n) is 2.34. The van der Waals surface area contributed by atoms with E-state index in [2.05, 4.69) is 36.9 Å². The molecule has 0 saturated heterocycles. The van der Waals surface area contributed by atoms with E-state index in [0.29, 0.717) is 0 Å². The van der Waals surface area contributed by atoms with Gasteiger partial charge in [0.05, 0.1) is 6.54 Å². The van der Waals surface area contributed by atoms with Gasteiger partial charge in [0.1, 0.15) is 0 Å². The smallest absolute Gasteiger partial charge is 0.0711 e. The van der Waals surface area contributed by atoms with Crippen molar-refractivity contribution in [3.05, 3.63) is 35.9 Å². The Morgan fingerprint density at radius 2 is 1.55 bits per heavy atom. The van der Waals surface area contributed by atoms with E-state index in [0.717, 1.165) is 13.0 Å². The Hall–Kier alpha value is -0.820. The Kier molecular flexibility index (Phi) is 6.75. The zero-order valence-electron chi connectivity index (χ0n) is 7.51. The van der Waals surface area contributed by atoms with Gasteiger partial charge in [-0.1, -0.05) is 37.3 Å². The lowest BCUT2D eigenvalue weighted by Gasteiger charge is -1.89. The number of benzene rings is 1. The van der Waals surface area contributed by atoms with Crippen molar-refractivity contribution in [3.8, 4) is 0 Å². The van der Waals surface area contributed by atoms with Crippen LogP contribution in [-0.4, -0.2) is 6.54 Å². The molecule has 1 heteroatoms. The number of aryl methyl sites for hydroxylation is 1. The Labute approximate surface area is 69.2 Å². The minimum absolute atomic E-state index is 1.00. The fraction of sp³-hybridized carbons (Fsp3) is 0.400. The molecule has 0 aliphatic heterocycles. The molecule has 0 heterocycles. The highest BCUT2D eigenvalue weighted by atomic mass is 14.5. The number of hydrogen-bond donors (Lipinski definition) is 1. The first kappa shape index (κ1) is 10.2. The minimum atomic E-state index is 1.00. The first-order chi connectivity index (χ1) is 5.35. The molecule has 0 saturated carbocycles. The van der Waals surface area contributed by atoms with Crippen LogP contribution in [0.25, 0.3) is 0 Å². The average molecular weight is 152 g/mol. The third kappa shape index (κ3) is 5.62. The van der Waals surface area contributed by atoms with Crippen LogP contribution in [0.3, 0.4) is 0 Å². The Morgan fingerprint density at radius 3 is 1.82 bits per heavy atom. The molecule has 0 fully saturated rings. The Morgan fingerprint density at radius 1 is 1.09 bits per heavy atom. The minimum Gasteiger partial charge on any atom is -0.358 e. The summed E-state index contributed by atoms with van der Waals surface area (Å²) in [5.41, 5.74) is 4.90. The molecule has 11 heavy (non-hydrogen) atoms. The van der Waals surface area contributed by atoms with Gasteiger partial charge in [-0.15, -0.1) is 0 Å². The molecular formula is C10H18N+. The highest BCUT2D eigenvalue weighted by Gasteiger charge is 1.79. The van der Waals surface area contributed by atoms with Crippen molar-refractivity contribution in [2.75, 3.05) is 6.54 Å². The maximum atomic E-state index is 3.49. The van der Waals surface area contributed by atoms with E-state index < -0.39 is 0 Å². The maximum Gasteiger partial charge on any atom is 0.0711 e. The van der Waals surface area contributed by atoms with Crippen LogP contribution >= 0.6 is 0 Å². The third-order valence-electron chi connectivity index (χ3n) is 1.25. The fourth-order valence-electron chi connectivity index (χ4n) is 0.714. The van der Waals surface area contributed by atoms with Crippen LogP contribution in [0.5, 0.6) is 0 Å². The van der Waals surface area contributed by atoms with Gasteiger partial charge < -0.3 is 5.73 Å². The van der Waals surface area contributed by atoms with Gasteiger partial charge in [-0.25, -0.2) is 0 Å². The highest BCUT2D eigenvalue weighted by Crippen LogP contribution is 1.96. The van der Waals surface area contributed by atoms with Crippen LogP contribution in [0.1, 0.15) is 19.4 Å². The van der Waals surface area contributed by atoms with Gasteiger partial charge in [-0.05, 0) is 18.9 Å². The van der Waals surface area contributed by atoms with Crippen LogP contribution in [0, 0.1) is 0 Å². The van der Waals surface area contributed by atoms with Crippen LogP contribution in [0.2, 0.25) is 0 Å². The molecule has 0 aliphatic carbocycles. The first-order valence-electron chi connectivity index (χ1n) is 4.18. The van der Waals surface area contributed by atoms with E-state index >= 15 is 0 Å². The molecule has 0 amide bonds. The van der Waals surface area contributed by atoms with Crippen LogP contribution in [0.4, 0.5) is 0 Å². The van der Waals surface area contributed by atoms with Crippen LogP contribution < -0.4 is 5.73 Å². The van der Waals surface area contributed by atoms with Gasteiger partial charge in [0.15, 0.2) is 0 Å². The second kappa shape index (κ2) is 7.29. The predicted octanol–water partition coefficient (Wildman–Crippen LogP) is 1.50. The summed E-state index contributed by atoms with van der Waals surface area (Å²) in [7, 11) is 0. The van der Waals surface area contributed by atoms with E-state index in [1.807, 2.05) is 13.0 Å². The summed E-state index contributed by atoms with van der Waals surface area (Å²) in [5.74, 6) is 0. The van der Waals surface area contributed by atoms with Crippen molar-refractivity contribution in [1.82, 2.24) is 0 Å². The summed E-state index contributed by atoms with van der Waals surface area (Å²) >= 11 is 0. The second-order valence-corrected chi connectivity index (χ2v) is 2.34. The highest BCUT2D eigenvalue weighted by molar-refractivity contribution is 5.13. The van der Waals surface area contributed by atoms with E-state index in [9.17, 15) is 0 Å². The average Bonchev–Trinajstić information content (AvgIpc) is 2.08. The lowest BCUT2D eigenvalue weighted by Crippen LogP contribution is -2.48. The molecule has 1 aromatic rings. The van der Waals surface area contributed by atoms with Gasteiger partial charge in [-0.2, -0.15) is 0 Å². The van der Waals surface area contributed by atoms with Gasteiger partial charge in [-0.3, -0.25) is 0 Å². The van der Waals surface area contributed by atoms with Gasteiger partial charge in [0, 0.05) is 0 Å². The van der Waals surface area contributed by atoms with Gasteiger partial charge in [0.2, 0.25) is 0 Å². The summed E-state index contributed by atoms with van der Waals surface area (Å²) in [6, 6.07) is 10.5. The standard InChI is InChI=1S/C8H10.C2H7N/c1-2-8-6-4-3-5-7-8;1-2-3/h3-7H,2H2,1H3;2-3H2,1H3/p+1. The molecule has 0 bridgehead atoms. The van der Waals surface area contributed by atoms with Crippen molar-refractivity contribution < 1.29 is 5.73 Å². The van der Waals surface area contributed by atoms with E-state index in [1.165, 1.54) is 5.56 Å². The van der Waals surface area contributed by atoms with Gasteiger partial charge >= 0.3 is 0 Å². The summed E-state index contributed by atoms with van der Waals surface area (Å²) in [6.45, 7) is 5.18. The Bertz CT molecular complexity index is 158. The molecule has 62 valence electrons. The maximum absolute atomic E-state index is 3.49. The largest absolute Gasteiger partial charge is 0.358 e. The van der Waals surface area contributed by atoms with E-state index in [4.69, 9.17) is 0 Å². The quantitative estimate of drug-likeness (QED) is 0.631. The lowest BCUT2D eigenvalue weighted by atomic mass is 10.2. The van der Waals surface area contributed by atoms with E-state index in [1.54, 1.807) is 0 Å².